The highest BCUT2D eigenvalue weighted by atomic mass is 35.5. The number of fused-ring (bicyclic) bond motifs is 1. The fourth-order valence-corrected chi connectivity index (χ4v) is 4.54. The summed E-state index contributed by atoms with van der Waals surface area (Å²) in [5.74, 6) is -0.826. The first-order valence-electron chi connectivity index (χ1n) is 10.5. The minimum Gasteiger partial charge on any atom is -0.366 e. The molecule has 0 radical (unpaired) electrons. The van der Waals surface area contributed by atoms with Crippen molar-refractivity contribution < 1.29 is 9.18 Å². The lowest BCUT2D eigenvalue weighted by Gasteiger charge is -2.47. The number of nitrogens with zero attached hydrogens (tertiary/aromatic N) is 2. The highest BCUT2D eigenvalue weighted by molar-refractivity contribution is 6.31. The summed E-state index contributed by atoms with van der Waals surface area (Å²) >= 11 is 5.94. The highest BCUT2D eigenvalue weighted by Crippen LogP contribution is 2.44. The van der Waals surface area contributed by atoms with Crippen LogP contribution in [0.2, 0.25) is 5.02 Å². The molecule has 1 N–H and O–H groups in total. The normalized spacial score (nSPS) is 17.6. The van der Waals surface area contributed by atoms with Crippen molar-refractivity contribution in [1.29, 1.82) is 5.26 Å². The summed E-state index contributed by atoms with van der Waals surface area (Å²) in [5.41, 5.74) is 2.39. The number of nitrogens with one attached hydrogen (secondary N) is 1. The topological polar surface area (TPSA) is 56.1 Å². The fraction of sp³-hybridized carbons (Fsp3) is 0.360. The molecule has 0 aliphatic carbocycles. The van der Waals surface area contributed by atoms with E-state index in [0.717, 1.165) is 30.6 Å². The first-order valence-corrected chi connectivity index (χ1v) is 10.8. The summed E-state index contributed by atoms with van der Waals surface area (Å²) in [7, 11) is 0. The molecule has 1 atom stereocenters. The van der Waals surface area contributed by atoms with Crippen molar-refractivity contribution in [3.63, 3.8) is 0 Å². The minimum absolute atomic E-state index is 0.0686. The van der Waals surface area contributed by atoms with Gasteiger partial charge in [-0.15, -0.1) is 0 Å². The molecule has 1 unspecified atom stereocenters. The van der Waals surface area contributed by atoms with Crippen molar-refractivity contribution in [2.24, 2.45) is 0 Å². The summed E-state index contributed by atoms with van der Waals surface area (Å²) < 4.78 is 15.1. The molecule has 0 fully saturated rings. The summed E-state index contributed by atoms with van der Waals surface area (Å²) in [5, 5.41) is 12.6. The molecule has 2 aromatic carbocycles. The third-order valence-electron chi connectivity index (χ3n) is 5.70. The summed E-state index contributed by atoms with van der Waals surface area (Å²) in [6.45, 7) is 9.45. The van der Waals surface area contributed by atoms with E-state index in [-0.39, 0.29) is 22.6 Å². The van der Waals surface area contributed by atoms with Gasteiger partial charge in [-0.25, -0.2) is 4.39 Å². The maximum absolute atomic E-state index is 15.1. The summed E-state index contributed by atoms with van der Waals surface area (Å²) in [6.07, 6.45) is 3.21. The average Bonchev–Trinajstić information content (AvgIpc) is 2.69. The van der Waals surface area contributed by atoms with E-state index in [9.17, 15) is 10.1 Å². The minimum atomic E-state index is -0.608. The van der Waals surface area contributed by atoms with Gasteiger partial charge in [0.15, 0.2) is 0 Å². The molecule has 1 heterocycles. The fourth-order valence-electron chi connectivity index (χ4n) is 4.35. The molecule has 1 aliphatic heterocycles. The Labute approximate surface area is 188 Å². The Hall–Kier alpha value is -2.84. The van der Waals surface area contributed by atoms with Gasteiger partial charge in [0, 0.05) is 34.0 Å². The number of hydrogen-bond donors (Lipinski definition) is 1. The Bertz CT molecular complexity index is 1070. The zero-order valence-electron chi connectivity index (χ0n) is 18.3. The zero-order chi connectivity index (χ0) is 22.8. The first-order chi connectivity index (χ1) is 14.7. The first kappa shape index (κ1) is 22.8. The molecular weight excluding hydrogens is 413 g/mol. The van der Waals surface area contributed by atoms with Gasteiger partial charge in [-0.05, 0) is 74.6 Å². The number of hydrogen-bond acceptors (Lipinski definition) is 3. The number of anilines is 2. The van der Waals surface area contributed by atoms with E-state index in [1.807, 2.05) is 6.07 Å². The average molecular weight is 440 g/mol. The monoisotopic (exact) mass is 439 g/mol. The zero-order valence-corrected chi connectivity index (χ0v) is 19.1. The van der Waals surface area contributed by atoms with Gasteiger partial charge in [0.1, 0.15) is 17.5 Å². The van der Waals surface area contributed by atoms with Crippen molar-refractivity contribution in [2.45, 2.75) is 52.0 Å². The SMILES string of the molecule is CCCN1c2cc(F)c(/C=C(\C#N)C(=O)Nc3cccc(Cl)c3)cc2C(C)CC1(C)C. The van der Waals surface area contributed by atoms with Gasteiger partial charge in [0.05, 0.1) is 0 Å². The van der Waals surface area contributed by atoms with E-state index >= 15 is 4.39 Å². The van der Waals surface area contributed by atoms with Crippen LogP contribution in [-0.4, -0.2) is 18.0 Å². The van der Waals surface area contributed by atoms with Crippen molar-refractivity contribution in [3.05, 3.63) is 63.9 Å². The molecule has 0 aromatic heterocycles. The molecule has 31 heavy (non-hydrogen) atoms. The van der Waals surface area contributed by atoms with Gasteiger partial charge >= 0.3 is 0 Å². The Balaban J connectivity index is 1.97. The molecule has 0 bridgehead atoms. The summed E-state index contributed by atoms with van der Waals surface area (Å²) in [6, 6.07) is 11.8. The Morgan fingerprint density at radius 1 is 1.39 bits per heavy atom. The highest BCUT2D eigenvalue weighted by Gasteiger charge is 2.36. The molecule has 0 saturated heterocycles. The number of benzene rings is 2. The second kappa shape index (κ2) is 9.11. The van der Waals surface area contributed by atoms with Gasteiger partial charge < -0.3 is 10.2 Å². The largest absolute Gasteiger partial charge is 0.366 e. The predicted octanol–water partition coefficient (Wildman–Crippen LogP) is 6.53. The van der Waals surface area contributed by atoms with Gasteiger partial charge in [-0.3, -0.25) is 4.79 Å². The number of rotatable bonds is 5. The van der Waals surface area contributed by atoms with Crippen LogP contribution in [0.15, 0.2) is 42.0 Å². The van der Waals surface area contributed by atoms with Crippen molar-refractivity contribution >= 4 is 35.0 Å². The van der Waals surface area contributed by atoms with Gasteiger partial charge in [0.25, 0.3) is 5.91 Å². The molecule has 1 aliphatic rings. The number of carbonyl (C=O) groups is 1. The van der Waals surface area contributed by atoms with E-state index in [1.165, 1.54) is 12.1 Å². The molecule has 2 aromatic rings. The number of carbonyl (C=O) groups excluding carboxylic acids is 1. The second-order valence-corrected chi connectivity index (χ2v) is 9.07. The molecule has 162 valence electrons. The molecule has 3 rings (SSSR count). The van der Waals surface area contributed by atoms with Crippen LogP contribution in [-0.2, 0) is 4.79 Å². The molecule has 4 nitrogen and oxygen atoms in total. The lowest BCUT2D eigenvalue weighted by Crippen LogP contribution is -2.48. The lowest BCUT2D eigenvalue weighted by atomic mass is 9.79. The van der Waals surface area contributed by atoms with E-state index in [4.69, 9.17) is 11.6 Å². The van der Waals surface area contributed by atoms with Gasteiger partial charge in [-0.2, -0.15) is 5.26 Å². The molecular formula is C25H27ClFN3O. The van der Waals surface area contributed by atoms with Crippen LogP contribution in [0.4, 0.5) is 15.8 Å². The van der Waals surface area contributed by atoms with Crippen LogP contribution < -0.4 is 10.2 Å². The number of nitriles is 1. The van der Waals surface area contributed by atoms with E-state index in [1.54, 1.807) is 30.3 Å². The predicted molar refractivity (Wildman–Crippen MR) is 125 cm³/mol. The lowest BCUT2D eigenvalue weighted by molar-refractivity contribution is -0.112. The maximum atomic E-state index is 15.1. The van der Waals surface area contributed by atoms with Crippen LogP contribution in [0.5, 0.6) is 0 Å². The molecule has 1 amide bonds. The van der Waals surface area contributed by atoms with E-state index < -0.39 is 11.7 Å². The smallest absolute Gasteiger partial charge is 0.266 e. The number of amides is 1. The standard InChI is InChI=1S/C25H27ClFN3O/c1-5-9-30-23-13-22(27)17(11-21(23)16(2)14-25(30,3)4)10-18(15-28)24(31)29-20-8-6-7-19(26)12-20/h6-8,10-13,16H,5,9,14H2,1-4H3,(H,29,31)/b18-10+. The summed E-state index contributed by atoms with van der Waals surface area (Å²) in [4.78, 5) is 14.8. The van der Waals surface area contributed by atoms with E-state index in [2.05, 4.69) is 37.9 Å². The second-order valence-electron chi connectivity index (χ2n) is 8.64. The quantitative estimate of drug-likeness (QED) is 0.425. The van der Waals surface area contributed by atoms with Crippen LogP contribution in [0, 0.1) is 17.1 Å². The van der Waals surface area contributed by atoms with Crippen LogP contribution in [0.25, 0.3) is 6.08 Å². The van der Waals surface area contributed by atoms with Crippen LogP contribution in [0.3, 0.4) is 0 Å². The number of halogens is 2. The van der Waals surface area contributed by atoms with Gasteiger partial charge in [0.2, 0.25) is 0 Å². The van der Waals surface area contributed by atoms with Gasteiger partial charge in [-0.1, -0.05) is 31.5 Å². The molecule has 0 saturated carbocycles. The van der Waals surface area contributed by atoms with Crippen molar-refractivity contribution in [3.8, 4) is 6.07 Å². The third-order valence-corrected chi connectivity index (χ3v) is 5.93. The van der Waals surface area contributed by atoms with Crippen LogP contribution in [0.1, 0.15) is 57.6 Å². The Kier molecular flexibility index (Phi) is 6.71. The van der Waals surface area contributed by atoms with Crippen LogP contribution >= 0.6 is 11.6 Å². The van der Waals surface area contributed by atoms with Crippen molar-refractivity contribution in [2.75, 3.05) is 16.8 Å². The molecule has 0 spiro atoms. The Morgan fingerprint density at radius 2 is 2.13 bits per heavy atom. The maximum Gasteiger partial charge on any atom is 0.266 e. The Morgan fingerprint density at radius 3 is 2.77 bits per heavy atom. The van der Waals surface area contributed by atoms with Crippen molar-refractivity contribution in [1.82, 2.24) is 0 Å². The third kappa shape index (κ3) is 4.91. The van der Waals surface area contributed by atoms with E-state index in [0.29, 0.717) is 10.7 Å². The molecule has 6 heteroatoms.